The summed E-state index contributed by atoms with van der Waals surface area (Å²) in [5, 5.41) is 17.7. The van der Waals surface area contributed by atoms with Crippen LogP contribution in [-0.4, -0.2) is 21.8 Å². The Balaban J connectivity index is 3.22. The van der Waals surface area contributed by atoms with Gasteiger partial charge in [-0.25, -0.2) is 4.68 Å². The summed E-state index contributed by atoms with van der Waals surface area (Å²) in [6.07, 6.45) is 1.48. The second-order valence-corrected chi connectivity index (χ2v) is 3.02. The molecular weight excluding hydrogens is 184 g/mol. The van der Waals surface area contributed by atoms with Gasteiger partial charge in [0.25, 0.3) is 0 Å². The van der Waals surface area contributed by atoms with Gasteiger partial charge in [-0.2, -0.15) is 5.10 Å². The van der Waals surface area contributed by atoms with Crippen molar-refractivity contribution < 1.29 is 4.92 Å². The first-order valence-electron chi connectivity index (χ1n) is 4.49. The fourth-order valence-electron chi connectivity index (χ4n) is 1.45. The van der Waals surface area contributed by atoms with Gasteiger partial charge in [0.2, 0.25) is 5.82 Å². The fourth-order valence-corrected chi connectivity index (χ4v) is 1.45. The van der Waals surface area contributed by atoms with Crippen LogP contribution in [-0.2, 0) is 13.5 Å². The Bertz CT molecular complexity index is 345. The summed E-state index contributed by atoms with van der Waals surface area (Å²) >= 11 is 0. The topological polar surface area (TPSA) is 73.0 Å². The number of nitrogens with zero attached hydrogens (tertiary/aromatic N) is 3. The van der Waals surface area contributed by atoms with E-state index in [4.69, 9.17) is 0 Å². The number of hydrogen-bond acceptors (Lipinski definition) is 4. The third kappa shape index (κ3) is 1.68. The van der Waals surface area contributed by atoms with E-state index in [1.807, 2.05) is 6.92 Å². The van der Waals surface area contributed by atoms with Crippen molar-refractivity contribution in [1.82, 2.24) is 9.78 Å². The molecule has 0 saturated carbocycles. The standard InChI is InChI=1S/C8H14N4O2/c1-4-5-6-7(12(13)14)8(9-2)11(3)10-6/h9H,4-5H2,1-3H3. The second-order valence-electron chi connectivity index (χ2n) is 3.02. The third-order valence-corrected chi connectivity index (χ3v) is 2.00. The van der Waals surface area contributed by atoms with Gasteiger partial charge in [0.15, 0.2) is 0 Å². The van der Waals surface area contributed by atoms with Gasteiger partial charge in [-0.15, -0.1) is 0 Å². The predicted molar refractivity (Wildman–Crippen MR) is 53.4 cm³/mol. The lowest BCUT2D eigenvalue weighted by Gasteiger charge is -1.97. The smallest absolute Gasteiger partial charge is 0.333 e. The molecule has 0 fully saturated rings. The summed E-state index contributed by atoms with van der Waals surface area (Å²) in [6.45, 7) is 1.97. The highest BCUT2D eigenvalue weighted by Crippen LogP contribution is 2.28. The van der Waals surface area contributed by atoms with E-state index in [0.29, 0.717) is 17.9 Å². The molecule has 6 heteroatoms. The van der Waals surface area contributed by atoms with Crippen molar-refractivity contribution in [3.8, 4) is 0 Å². The minimum atomic E-state index is -0.385. The van der Waals surface area contributed by atoms with Gasteiger partial charge in [-0.3, -0.25) is 10.1 Å². The van der Waals surface area contributed by atoms with Crippen molar-refractivity contribution in [2.75, 3.05) is 12.4 Å². The van der Waals surface area contributed by atoms with Gasteiger partial charge in [0.1, 0.15) is 5.69 Å². The average Bonchev–Trinajstić information content (AvgIpc) is 2.42. The summed E-state index contributed by atoms with van der Waals surface area (Å²) in [5.74, 6) is 0.457. The van der Waals surface area contributed by atoms with E-state index in [9.17, 15) is 10.1 Å². The van der Waals surface area contributed by atoms with Crippen LogP contribution in [0.2, 0.25) is 0 Å². The lowest BCUT2D eigenvalue weighted by molar-refractivity contribution is -0.384. The van der Waals surface area contributed by atoms with E-state index in [1.165, 1.54) is 4.68 Å². The molecule has 0 unspecified atom stereocenters. The molecule has 0 aliphatic heterocycles. The summed E-state index contributed by atoms with van der Waals surface area (Å²) in [6, 6.07) is 0. The van der Waals surface area contributed by atoms with Crippen LogP contribution in [0.3, 0.4) is 0 Å². The van der Waals surface area contributed by atoms with Gasteiger partial charge in [-0.05, 0) is 6.42 Å². The number of aryl methyl sites for hydroxylation is 2. The monoisotopic (exact) mass is 198 g/mol. The molecule has 0 aromatic carbocycles. The molecule has 0 bridgehead atoms. The SMILES string of the molecule is CCCc1nn(C)c(NC)c1[N+](=O)[O-]. The van der Waals surface area contributed by atoms with Crippen molar-refractivity contribution in [3.05, 3.63) is 15.8 Å². The van der Waals surface area contributed by atoms with Crippen LogP contribution >= 0.6 is 0 Å². The van der Waals surface area contributed by atoms with Crippen molar-refractivity contribution in [2.45, 2.75) is 19.8 Å². The Labute approximate surface area is 82.1 Å². The van der Waals surface area contributed by atoms with E-state index in [1.54, 1.807) is 14.1 Å². The number of rotatable bonds is 4. The summed E-state index contributed by atoms with van der Waals surface area (Å²) in [7, 11) is 3.34. The van der Waals surface area contributed by atoms with E-state index in [2.05, 4.69) is 10.4 Å². The molecule has 0 aliphatic carbocycles. The zero-order valence-corrected chi connectivity index (χ0v) is 8.57. The molecule has 1 N–H and O–H groups in total. The molecule has 0 saturated heterocycles. The number of anilines is 1. The maximum atomic E-state index is 10.8. The van der Waals surface area contributed by atoms with Crippen LogP contribution in [0.1, 0.15) is 19.0 Å². The van der Waals surface area contributed by atoms with Crippen LogP contribution in [0, 0.1) is 10.1 Å². The van der Waals surface area contributed by atoms with Crippen molar-refractivity contribution in [1.29, 1.82) is 0 Å². The molecule has 14 heavy (non-hydrogen) atoms. The van der Waals surface area contributed by atoms with Gasteiger partial charge >= 0.3 is 5.69 Å². The summed E-state index contributed by atoms with van der Waals surface area (Å²) < 4.78 is 1.50. The van der Waals surface area contributed by atoms with E-state index < -0.39 is 0 Å². The van der Waals surface area contributed by atoms with Crippen LogP contribution in [0.15, 0.2) is 0 Å². The number of hydrogen-bond donors (Lipinski definition) is 1. The molecule has 78 valence electrons. The molecule has 0 amide bonds. The Morgan fingerprint density at radius 2 is 2.29 bits per heavy atom. The van der Waals surface area contributed by atoms with E-state index in [-0.39, 0.29) is 10.6 Å². The Hall–Kier alpha value is -1.59. The Morgan fingerprint density at radius 1 is 1.64 bits per heavy atom. The minimum Gasteiger partial charge on any atom is -0.368 e. The van der Waals surface area contributed by atoms with Crippen LogP contribution in [0.25, 0.3) is 0 Å². The molecule has 1 heterocycles. The van der Waals surface area contributed by atoms with Crippen molar-refractivity contribution in [2.24, 2.45) is 7.05 Å². The first-order chi connectivity index (χ1) is 6.61. The first kappa shape index (κ1) is 10.5. The minimum absolute atomic E-state index is 0.0943. The molecule has 0 atom stereocenters. The highest BCUT2D eigenvalue weighted by Gasteiger charge is 2.24. The maximum Gasteiger partial charge on any atom is 0.333 e. The van der Waals surface area contributed by atoms with Crippen LogP contribution < -0.4 is 5.32 Å². The first-order valence-corrected chi connectivity index (χ1v) is 4.49. The zero-order chi connectivity index (χ0) is 10.7. The van der Waals surface area contributed by atoms with Crippen LogP contribution in [0.5, 0.6) is 0 Å². The van der Waals surface area contributed by atoms with Gasteiger partial charge in [-0.1, -0.05) is 13.3 Å². The molecule has 1 aromatic rings. The number of aromatic nitrogens is 2. The Morgan fingerprint density at radius 3 is 2.71 bits per heavy atom. The number of nitrogens with one attached hydrogen (secondary N) is 1. The van der Waals surface area contributed by atoms with Crippen molar-refractivity contribution >= 4 is 11.5 Å². The summed E-state index contributed by atoms with van der Waals surface area (Å²) in [4.78, 5) is 10.4. The molecule has 0 spiro atoms. The normalized spacial score (nSPS) is 10.2. The fraction of sp³-hybridized carbons (Fsp3) is 0.625. The van der Waals surface area contributed by atoms with Gasteiger partial charge < -0.3 is 5.32 Å². The lowest BCUT2D eigenvalue weighted by atomic mass is 10.2. The quantitative estimate of drug-likeness (QED) is 0.585. The maximum absolute atomic E-state index is 10.8. The lowest BCUT2D eigenvalue weighted by Crippen LogP contribution is -2.00. The van der Waals surface area contributed by atoms with Gasteiger partial charge in [0.05, 0.1) is 4.92 Å². The molecule has 6 nitrogen and oxygen atoms in total. The molecule has 0 radical (unpaired) electrons. The predicted octanol–water partition coefficient (Wildman–Crippen LogP) is 1.32. The van der Waals surface area contributed by atoms with Crippen molar-refractivity contribution in [3.63, 3.8) is 0 Å². The molecule has 1 aromatic heterocycles. The highest BCUT2D eigenvalue weighted by atomic mass is 16.6. The zero-order valence-electron chi connectivity index (χ0n) is 8.57. The number of nitro groups is 1. The molecule has 0 aliphatic rings. The summed E-state index contributed by atoms with van der Waals surface area (Å²) in [5.41, 5.74) is 0.640. The van der Waals surface area contributed by atoms with Gasteiger partial charge in [0, 0.05) is 14.1 Å². The molecule has 1 rings (SSSR count). The van der Waals surface area contributed by atoms with E-state index in [0.717, 1.165) is 6.42 Å². The molecular formula is C8H14N4O2. The largest absolute Gasteiger partial charge is 0.368 e. The average molecular weight is 198 g/mol. The van der Waals surface area contributed by atoms with Crippen LogP contribution in [0.4, 0.5) is 11.5 Å². The Kier molecular flexibility index (Phi) is 3.06. The van der Waals surface area contributed by atoms with E-state index >= 15 is 0 Å². The second kappa shape index (κ2) is 4.08. The highest BCUT2D eigenvalue weighted by molar-refractivity contribution is 5.59. The third-order valence-electron chi connectivity index (χ3n) is 2.00.